The van der Waals surface area contributed by atoms with Gasteiger partial charge in [-0.25, -0.2) is 8.42 Å². The number of sulfonamides is 1. The molecular weight excluding hydrogens is 614 g/mol. The van der Waals surface area contributed by atoms with Crippen molar-refractivity contribution in [2.24, 2.45) is 0 Å². The highest BCUT2D eigenvalue weighted by atomic mass is 79.9. The monoisotopic (exact) mass is 647 g/mol. The van der Waals surface area contributed by atoms with Gasteiger partial charge in [0.15, 0.2) is 0 Å². The highest BCUT2D eigenvalue weighted by Gasteiger charge is 2.33. The molecule has 0 heterocycles. The van der Waals surface area contributed by atoms with Gasteiger partial charge in [0, 0.05) is 22.1 Å². The number of carbonyl (C=O) groups is 2. The van der Waals surface area contributed by atoms with Crippen LogP contribution in [0.25, 0.3) is 0 Å². The van der Waals surface area contributed by atoms with Crippen molar-refractivity contribution >= 4 is 55.1 Å². The Morgan fingerprint density at radius 1 is 0.975 bits per heavy atom. The molecular formula is C30H35BrClN3O4S. The molecule has 2 atom stereocenters. The third kappa shape index (κ3) is 7.86. The van der Waals surface area contributed by atoms with Crippen LogP contribution in [0.4, 0.5) is 5.69 Å². The molecule has 0 aromatic heterocycles. The first-order valence-electron chi connectivity index (χ1n) is 13.0. The third-order valence-corrected chi connectivity index (χ3v) is 9.40. The molecule has 10 heteroatoms. The van der Waals surface area contributed by atoms with E-state index in [9.17, 15) is 18.0 Å². The van der Waals surface area contributed by atoms with Crippen LogP contribution in [-0.2, 0) is 26.2 Å². The fourth-order valence-electron chi connectivity index (χ4n) is 4.02. The van der Waals surface area contributed by atoms with Crippen LogP contribution in [0, 0.1) is 13.8 Å². The van der Waals surface area contributed by atoms with Gasteiger partial charge in [-0.3, -0.25) is 13.9 Å². The second kappa shape index (κ2) is 13.7. The average molecular weight is 649 g/mol. The number of carbonyl (C=O) groups excluding carboxylic acids is 2. The molecule has 0 aliphatic rings. The van der Waals surface area contributed by atoms with E-state index in [1.54, 1.807) is 19.1 Å². The van der Waals surface area contributed by atoms with E-state index in [-0.39, 0.29) is 23.4 Å². The average Bonchev–Trinajstić information content (AvgIpc) is 2.91. The number of benzene rings is 3. The summed E-state index contributed by atoms with van der Waals surface area (Å²) in [5, 5.41) is 3.33. The standard InChI is InChI=1S/C30H35BrClN3O4S/c1-6-22(4)33-30(37)23(5)34(18-24-8-7-9-25(31)17-24)29(36)19-35(27-13-10-20(2)21(3)16-27)40(38,39)28-14-11-26(32)12-15-28/h7-17,22-23H,6,18-19H2,1-5H3,(H,33,37)/t22-,23+/m0/s1. The van der Waals surface area contributed by atoms with Crippen molar-refractivity contribution in [3.8, 4) is 0 Å². The molecule has 0 unspecified atom stereocenters. The third-order valence-electron chi connectivity index (χ3n) is 6.87. The number of aryl methyl sites for hydroxylation is 2. The topological polar surface area (TPSA) is 86.8 Å². The Morgan fingerprint density at radius 2 is 1.65 bits per heavy atom. The molecule has 3 aromatic rings. The first-order valence-corrected chi connectivity index (χ1v) is 15.6. The van der Waals surface area contributed by atoms with E-state index in [0.717, 1.165) is 31.9 Å². The summed E-state index contributed by atoms with van der Waals surface area (Å²) in [7, 11) is -4.16. The smallest absolute Gasteiger partial charge is 0.264 e. The number of anilines is 1. The summed E-state index contributed by atoms with van der Waals surface area (Å²) in [5.74, 6) is -0.821. The van der Waals surface area contributed by atoms with E-state index in [0.29, 0.717) is 10.7 Å². The maximum atomic E-state index is 14.0. The Bertz CT molecular complexity index is 1460. The van der Waals surface area contributed by atoms with E-state index in [1.165, 1.54) is 29.2 Å². The van der Waals surface area contributed by atoms with Gasteiger partial charge >= 0.3 is 0 Å². The van der Waals surface area contributed by atoms with Gasteiger partial charge in [-0.15, -0.1) is 0 Å². The van der Waals surface area contributed by atoms with E-state index >= 15 is 0 Å². The first-order chi connectivity index (χ1) is 18.8. The number of rotatable bonds is 11. The van der Waals surface area contributed by atoms with Crippen LogP contribution in [-0.4, -0.2) is 43.8 Å². The Morgan fingerprint density at radius 3 is 2.25 bits per heavy atom. The second-order valence-electron chi connectivity index (χ2n) is 9.88. The van der Waals surface area contributed by atoms with Crippen molar-refractivity contribution in [1.29, 1.82) is 0 Å². The molecule has 0 fully saturated rings. The lowest BCUT2D eigenvalue weighted by Gasteiger charge is -2.32. The molecule has 7 nitrogen and oxygen atoms in total. The molecule has 0 bridgehead atoms. The van der Waals surface area contributed by atoms with Crippen LogP contribution in [0.3, 0.4) is 0 Å². The van der Waals surface area contributed by atoms with Crippen molar-refractivity contribution in [2.45, 2.75) is 64.6 Å². The van der Waals surface area contributed by atoms with Crippen LogP contribution >= 0.6 is 27.5 Å². The van der Waals surface area contributed by atoms with Gasteiger partial charge in [0.1, 0.15) is 12.6 Å². The predicted octanol–water partition coefficient (Wildman–Crippen LogP) is 6.25. The number of halogens is 2. The van der Waals surface area contributed by atoms with Gasteiger partial charge < -0.3 is 10.2 Å². The minimum Gasteiger partial charge on any atom is -0.352 e. The number of hydrogen-bond acceptors (Lipinski definition) is 4. The van der Waals surface area contributed by atoms with Crippen molar-refractivity contribution < 1.29 is 18.0 Å². The van der Waals surface area contributed by atoms with Crippen molar-refractivity contribution in [3.63, 3.8) is 0 Å². The van der Waals surface area contributed by atoms with Crippen LogP contribution in [0.1, 0.15) is 43.9 Å². The molecule has 40 heavy (non-hydrogen) atoms. The Labute approximate surface area is 250 Å². The van der Waals surface area contributed by atoms with Gasteiger partial charge in [0.25, 0.3) is 10.0 Å². The molecule has 3 rings (SSSR count). The summed E-state index contributed by atoms with van der Waals surface area (Å²) in [5.41, 5.74) is 3.02. The normalized spacial score (nSPS) is 12.9. The molecule has 0 radical (unpaired) electrons. The fraction of sp³-hybridized carbons (Fsp3) is 0.333. The van der Waals surface area contributed by atoms with Crippen molar-refractivity contribution in [1.82, 2.24) is 10.2 Å². The predicted molar refractivity (Wildman–Crippen MR) is 164 cm³/mol. The summed E-state index contributed by atoms with van der Waals surface area (Å²) in [6.45, 7) is 8.95. The zero-order valence-corrected chi connectivity index (χ0v) is 26.5. The minimum absolute atomic E-state index is 0.00373. The summed E-state index contributed by atoms with van der Waals surface area (Å²) < 4.78 is 29.8. The van der Waals surface area contributed by atoms with E-state index < -0.39 is 28.5 Å². The first kappa shape index (κ1) is 31.6. The SMILES string of the molecule is CC[C@H](C)NC(=O)[C@@H](C)N(Cc1cccc(Br)c1)C(=O)CN(c1ccc(C)c(C)c1)S(=O)(=O)c1ccc(Cl)cc1. The van der Waals surface area contributed by atoms with Gasteiger partial charge in [-0.05, 0) is 99.3 Å². The summed E-state index contributed by atoms with van der Waals surface area (Å²) in [6, 6.07) is 17.6. The van der Waals surface area contributed by atoms with Gasteiger partial charge in [-0.1, -0.05) is 52.7 Å². The lowest BCUT2D eigenvalue weighted by Crippen LogP contribution is -2.52. The highest BCUT2D eigenvalue weighted by Crippen LogP contribution is 2.27. The van der Waals surface area contributed by atoms with Gasteiger partial charge in [0.05, 0.1) is 10.6 Å². The molecule has 0 saturated carbocycles. The maximum Gasteiger partial charge on any atom is 0.264 e. The second-order valence-corrected chi connectivity index (χ2v) is 13.1. The zero-order valence-electron chi connectivity index (χ0n) is 23.3. The molecule has 0 saturated heterocycles. The van der Waals surface area contributed by atoms with Crippen molar-refractivity contribution in [2.75, 3.05) is 10.8 Å². The van der Waals surface area contributed by atoms with Crippen LogP contribution in [0.2, 0.25) is 5.02 Å². The summed E-state index contributed by atoms with van der Waals surface area (Å²) in [4.78, 5) is 28.6. The lowest BCUT2D eigenvalue weighted by atomic mass is 10.1. The van der Waals surface area contributed by atoms with Gasteiger partial charge in [-0.2, -0.15) is 0 Å². The molecule has 0 aliphatic carbocycles. The van der Waals surface area contributed by atoms with E-state index in [2.05, 4.69) is 21.2 Å². The van der Waals surface area contributed by atoms with Crippen molar-refractivity contribution in [3.05, 3.63) is 92.9 Å². The quantitative estimate of drug-likeness (QED) is 0.267. The Balaban J connectivity index is 2.05. The maximum absolute atomic E-state index is 14.0. The minimum atomic E-state index is -4.16. The molecule has 214 valence electrons. The fourth-order valence-corrected chi connectivity index (χ4v) is 6.00. The zero-order chi connectivity index (χ0) is 29.6. The summed E-state index contributed by atoms with van der Waals surface area (Å²) in [6.07, 6.45) is 0.734. The van der Waals surface area contributed by atoms with Gasteiger partial charge in [0.2, 0.25) is 11.8 Å². The van der Waals surface area contributed by atoms with Crippen LogP contribution in [0.5, 0.6) is 0 Å². The molecule has 0 aliphatic heterocycles. The van der Waals surface area contributed by atoms with Crippen LogP contribution < -0.4 is 9.62 Å². The molecule has 0 spiro atoms. The Hall–Kier alpha value is -2.88. The Kier molecular flexibility index (Phi) is 10.8. The summed E-state index contributed by atoms with van der Waals surface area (Å²) >= 11 is 9.47. The molecule has 3 aromatic carbocycles. The number of hydrogen-bond donors (Lipinski definition) is 1. The number of amides is 2. The highest BCUT2D eigenvalue weighted by molar-refractivity contribution is 9.10. The molecule has 1 N–H and O–H groups in total. The van der Waals surface area contributed by atoms with E-state index in [1.807, 2.05) is 58.0 Å². The largest absolute Gasteiger partial charge is 0.352 e. The van der Waals surface area contributed by atoms with Crippen LogP contribution in [0.15, 0.2) is 76.1 Å². The lowest BCUT2D eigenvalue weighted by molar-refractivity contribution is -0.139. The number of nitrogens with zero attached hydrogens (tertiary/aromatic N) is 2. The molecule has 2 amide bonds. The van der Waals surface area contributed by atoms with E-state index in [4.69, 9.17) is 11.6 Å². The number of nitrogens with one attached hydrogen (secondary N) is 1.